The smallest absolute Gasteiger partial charge is 0.225 e. The number of carbonyl (C=O) groups excluding carboxylic acids is 1. The van der Waals surface area contributed by atoms with E-state index < -0.39 is 5.82 Å². The van der Waals surface area contributed by atoms with Gasteiger partial charge in [0.05, 0.1) is 17.9 Å². The van der Waals surface area contributed by atoms with Gasteiger partial charge in [-0.05, 0) is 38.8 Å². The number of rotatable bonds is 2. The van der Waals surface area contributed by atoms with Gasteiger partial charge in [0.25, 0.3) is 0 Å². The molecule has 25 heavy (non-hydrogen) atoms. The van der Waals surface area contributed by atoms with Crippen LogP contribution in [-0.2, 0) is 9.53 Å². The lowest BCUT2D eigenvalue weighted by molar-refractivity contribution is -0.148. The second kappa shape index (κ2) is 7.40. The molecule has 2 aliphatic rings. The lowest BCUT2D eigenvalue weighted by Crippen LogP contribution is -2.51. The molecule has 1 aromatic carbocycles. The molecule has 2 aliphatic heterocycles. The number of nitriles is 1. The highest BCUT2D eigenvalue weighted by atomic mass is 19.1. The van der Waals surface area contributed by atoms with E-state index >= 15 is 0 Å². The molecule has 0 N–H and O–H groups in total. The average molecular weight is 345 g/mol. The maximum atomic E-state index is 13.8. The first kappa shape index (κ1) is 17.7. The number of nitrogens with zero attached hydrogens (tertiary/aromatic N) is 3. The Morgan fingerprint density at radius 2 is 1.88 bits per heavy atom. The minimum absolute atomic E-state index is 0.00663. The molecule has 3 rings (SSSR count). The maximum absolute atomic E-state index is 13.8. The molecule has 0 aliphatic carbocycles. The highest BCUT2D eigenvalue weighted by Gasteiger charge is 2.33. The van der Waals surface area contributed by atoms with Crippen LogP contribution in [-0.4, -0.2) is 49.2 Å². The standard InChI is InChI=1S/C19H24FN3O2/c1-13-11-23(12-14(2)25-13)19(24)15-6-8-22(9-7-15)18-5-3-4-17(20)16(18)10-21/h3-5,13-15H,6-9,11-12H2,1-2H3. The van der Waals surface area contributed by atoms with E-state index in [9.17, 15) is 14.4 Å². The summed E-state index contributed by atoms with van der Waals surface area (Å²) in [4.78, 5) is 16.7. The molecule has 0 radical (unpaired) electrons. The molecule has 0 saturated carbocycles. The number of anilines is 1. The Bertz CT molecular complexity index is 670. The van der Waals surface area contributed by atoms with Crippen LogP contribution < -0.4 is 4.90 Å². The lowest BCUT2D eigenvalue weighted by atomic mass is 9.94. The third kappa shape index (κ3) is 3.77. The van der Waals surface area contributed by atoms with E-state index in [-0.39, 0.29) is 29.6 Å². The fourth-order valence-electron chi connectivity index (χ4n) is 3.87. The van der Waals surface area contributed by atoms with Crippen molar-refractivity contribution in [3.8, 4) is 6.07 Å². The molecule has 2 saturated heterocycles. The van der Waals surface area contributed by atoms with Gasteiger partial charge in [-0.2, -0.15) is 5.26 Å². The van der Waals surface area contributed by atoms with Crippen molar-refractivity contribution in [1.29, 1.82) is 5.26 Å². The van der Waals surface area contributed by atoms with Crippen LogP contribution >= 0.6 is 0 Å². The van der Waals surface area contributed by atoms with Gasteiger partial charge >= 0.3 is 0 Å². The van der Waals surface area contributed by atoms with Gasteiger partial charge in [-0.15, -0.1) is 0 Å². The number of ether oxygens (including phenoxy) is 1. The second-order valence-corrected chi connectivity index (χ2v) is 7.01. The number of benzene rings is 1. The summed E-state index contributed by atoms with van der Waals surface area (Å²) < 4.78 is 19.5. The van der Waals surface area contributed by atoms with Gasteiger partial charge in [-0.3, -0.25) is 4.79 Å². The van der Waals surface area contributed by atoms with Crippen LogP contribution in [0.2, 0.25) is 0 Å². The van der Waals surface area contributed by atoms with E-state index in [1.807, 2.05) is 29.7 Å². The fraction of sp³-hybridized carbons (Fsp3) is 0.579. The molecular weight excluding hydrogens is 321 g/mol. The molecule has 2 atom stereocenters. The number of halogens is 1. The monoisotopic (exact) mass is 345 g/mol. The fourth-order valence-corrected chi connectivity index (χ4v) is 3.87. The molecule has 5 nitrogen and oxygen atoms in total. The average Bonchev–Trinajstić information content (AvgIpc) is 2.60. The van der Waals surface area contributed by atoms with E-state index in [1.165, 1.54) is 6.07 Å². The minimum Gasteiger partial charge on any atom is -0.372 e. The molecule has 0 bridgehead atoms. The lowest BCUT2D eigenvalue weighted by Gasteiger charge is -2.39. The summed E-state index contributed by atoms with van der Waals surface area (Å²) in [6, 6.07) is 6.65. The molecule has 6 heteroatoms. The third-order valence-electron chi connectivity index (χ3n) is 5.02. The summed E-state index contributed by atoms with van der Waals surface area (Å²) in [6.45, 7) is 6.59. The summed E-state index contributed by atoms with van der Waals surface area (Å²) >= 11 is 0. The summed E-state index contributed by atoms with van der Waals surface area (Å²) in [7, 11) is 0. The van der Waals surface area contributed by atoms with Crippen LogP contribution in [0.4, 0.5) is 10.1 Å². The highest BCUT2D eigenvalue weighted by Crippen LogP contribution is 2.29. The van der Waals surface area contributed by atoms with Crippen LogP contribution in [0.5, 0.6) is 0 Å². The topological polar surface area (TPSA) is 56.6 Å². The number of amides is 1. The molecular formula is C19H24FN3O2. The molecule has 134 valence electrons. The Morgan fingerprint density at radius 1 is 1.24 bits per heavy atom. The zero-order chi connectivity index (χ0) is 18.0. The molecule has 0 spiro atoms. The predicted octanol–water partition coefficient (Wildman–Crippen LogP) is 2.55. The van der Waals surface area contributed by atoms with Crippen LogP contribution in [0.15, 0.2) is 18.2 Å². The number of hydrogen-bond acceptors (Lipinski definition) is 4. The first-order chi connectivity index (χ1) is 12.0. The zero-order valence-corrected chi connectivity index (χ0v) is 14.7. The molecule has 2 unspecified atom stereocenters. The van der Waals surface area contributed by atoms with Gasteiger partial charge in [0.15, 0.2) is 0 Å². The Balaban J connectivity index is 1.63. The van der Waals surface area contributed by atoms with E-state index in [2.05, 4.69) is 0 Å². The van der Waals surface area contributed by atoms with Crippen molar-refractivity contribution in [2.24, 2.45) is 5.92 Å². The van der Waals surface area contributed by atoms with Crippen molar-refractivity contribution in [3.63, 3.8) is 0 Å². The third-order valence-corrected chi connectivity index (χ3v) is 5.02. The van der Waals surface area contributed by atoms with Crippen LogP contribution in [0, 0.1) is 23.1 Å². The van der Waals surface area contributed by atoms with Crippen molar-refractivity contribution < 1.29 is 13.9 Å². The number of morpholine rings is 1. The van der Waals surface area contributed by atoms with Gasteiger partial charge in [0.2, 0.25) is 5.91 Å². The van der Waals surface area contributed by atoms with Crippen molar-refractivity contribution in [2.75, 3.05) is 31.1 Å². The summed E-state index contributed by atoms with van der Waals surface area (Å²) in [5.74, 6) is -0.302. The Kier molecular flexibility index (Phi) is 5.24. The molecule has 0 aromatic heterocycles. The molecule has 2 fully saturated rings. The summed E-state index contributed by atoms with van der Waals surface area (Å²) in [5, 5.41) is 9.20. The number of carbonyl (C=O) groups is 1. The highest BCUT2D eigenvalue weighted by molar-refractivity contribution is 5.79. The van der Waals surface area contributed by atoms with E-state index in [0.717, 1.165) is 12.8 Å². The van der Waals surface area contributed by atoms with Gasteiger partial charge in [-0.1, -0.05) is 6.07 Å². The van der Waals surface area contributed by atoms with Crippen molar-refractivity contribution in [1.82, 2.24) is 4.90 Å². The number of hydrogen-bond donors (Lipinski definition) is 0. The molecule has 1 aromatic rings. The second-order valence-electron chi connectivity index (χ2n) is 7.01. The van der Waals surface area contributed by atoms with Crippen LogP contribution in [0.25, 0.3) is 0 Å². The SMILES string of the molecule is CC1CN(C(=O)C2CCN(c3cccc(F)c3C#N)CC2)CC(C)O1. The van der Waals surface area contributed by atoms with Crippen LogP contribution in [0.1, 0.15) is 32.3 Å². The first-order valence-corrected chi connectivity index (χ1v) is 8.87. The predicted molar refractivity (Wildman–Crippen MR) is 92.6 cm³/mol. The Hall–Kier alpha value is -2.13. The largest absolute Gasteiger partial charge is 0.372 e. The van der Waals surface area contributed by atoms with E-state index in [0.29, 0.717) is 31.9 Å². The van der Waals surface area contributed by atoms with Gasteiger partial charge in [-0.25, -0.2) is 4.39 Å². The van der Waals surface area contributed by atoms with Gasteiger partial charge in [0, 0.05) is 32.1 Å². The van der Waals surface area contributed by atoms with Crippen molar-refractivity contribution >= 4 is 11.6 Å². The molecule has 2 heterocycles. The van der Waals surface area contributed by atoms with Gasteiger partial charge in [0.1, 0.15) is 17.4 Å². The number of piperidine rings is 1. The Labute approximate surface area is 148 Å². The van der Waals surface area contributed by atoms with E-state index in [1.54, 1.807) is 12.1 Å². The van der Waals surface area contributed by atoms with Gasteiger partial charge < -0.3 is 14.5 Å². The van der Waals surface area contributed by atoms with Crippen molar-refractivity contribution in [2.45, 2.75) is 38.9 Å². The van der Waals surface area contributed by atoms with E-state index in [4.69, 9.17) is 4.74 Å². The maximum Gasteiger partial charge on any atom is 0.225 e. The zero-order valence-electron chi connectivity index (χ0n) is 14.7. The van der Waals surface area contributed by atoms with Crippen molar-refractivity contribution in [3.05, 3.63) is 29.6 Å². The molecule has 1 amide bonds. The van der Waals surface area contributed by atoms with Crippen LogP contribution in [0.3, 0.4) is 0 Å². The summed E-state index contributed by atoms with van der Waals surface area (Å²) in [5.41, 5.74) is 0.713. The normalized spacial score (nSPS) is 24.9. The quantitative estimate of drug-likeness (QED) is 0.827. The minimum atomic E-state index is -0.491. The first-order valence-electron chi connectivity index (χ1n) is 8.87. The summed E-state index contributed by atoms with van der Waals surface area (Å²) in [6.07, 6.45) is 1.58. The Morgan fingerprint density at radius 3 is 2.48 bits per heavy atom.